The molecule has 0 spiro atoms. The summed E-state index contributed by atoms with van der Waals surface area (Å²) in [7, 11) is 0. The molecule has 0 amide bonds. The van der Waals surface area contributed by atoms with Crippen molar-refractivity contribution < 1.29 is 4.39 Å². The van der Waals surface area contributed by atoms with Crippen LogP contribution in [0.3, 0.4) is 0 Å². The number of benzene rings is 1. The van der Waals surface area contributed by atoms with E-state index in [0.29, 0.717) is 11.5 Å². The normalized spacial score (nSPS) is 21.1. The molecule has 4 heteroatoms. The van der Waals surface area contributed by atoms with E-state index in [0.717, 1.165) is 30.4 Å². The quantitative estimate of drug-likeness (QED) is 0.820. The van der Waals surface area contributed by atoms with Crippen molar-refractivity contribution in [1.29, 1.82) is 0 Å². The van der Waals surface area contributed by atoms with Gasteiger partial charge in [-0.15, -0.1) is 0 Å². The standard InChI is InChI=1S/C12H14BrClFN/c13-10-3-4-11(14)12(15)9(10)6-8-2-1-5-16-7-8/h3-4,8,16H,1-2,5-7H2. The molecule has 2 rings (SSSR count). The molecule has 0 aliphatic carbocycles. The molecule has 1 aromatic carbocycles. The summed E-state index contributed by atoms with van der Waals surface area (Å²) in [5, 5.41) is 3.55. The molecule has 0 saturated carbocycles. The number of hydrogen-bond acceptors (Lipinski definition) is 1. The summed E-state index contributed by atoms with van der Waals surface area (Å²) >= 11 is 9.18. The zero-order valence-electron chi connectivity index (χ0n) is 8.90. The Hall–Kier alpha value is -0.120. The lowest BCUT2D eigenvalue weighted by Gasteiger charge is -2.23. The van der Waals surface area contributed by atoms with E-state index in [4.69, 9.17) is 11.6 Å². The van der Waals surface area contributed by atoms with Crippen LogP contribution in [0, 0.1) is 11.7 Å². The van der Waals surface area contributed by atoms with E-state index in [2.05, 4.69) is 21.2 Å². The molecule has 1 unspecified atom stereocenters. The Bertz CT molecular complexity index is 378. The van der Waals surface area contributed by atoms with Crippen molar-refractivity contribution in [3.05, 3.63) is 33.0 Å². The predicted molar refractivity (Wildman–Crippen MR) is 68.4 cm³/mol. The van der Waals surface area contributed by atoms with Crippen LogP contribution in [0.4, 0.5) is 4.39 Å². The predicted octanol–water partition coefficient (Wildman–Crippen LogP) is 3.78. The minimum atomic E-state index is -0.276. The third-order valence-corrected chi connectivity index (χ3v) is 4.07. The Labute approximate surface area is 109 Å². The summed E-state index contributed by atoms with van der Waals surface area (Å²) in [6, 6.07) is 3.40. The molecule has 1 fully saturated rings. The zero-order valence-corrected chi connectivity index (χ0v) is 11.2. The highest BCUT2D eigenvalue weighted by atomic mass is 79.9. The first kappa shape index (κ1) is 12.3. The van der Waals surface area contributed by atoms with Crippen LogP contribution in [0.1, 0.15) is 18.4 Å². The molecule has 1 aromatic rings. The van der Waals surface area contributed by atoms with Crippen LogP contribution in [-0.2, 0) is 6.42 Å². The van der Waals surface area contributed by atoms with Gasteiger partial charge in [0.25, 0.3) is 0 Å². The van der Waals surface area contributed by atoms with Gasteiger partial charge in [-0.3, -0.25) is 0 Å². The van der Waals surface area contributed by atoms with Crippen LogP contribution >= 0.6 is 27.5 Å². The third-order valence-electron chi connectivity index (χ3n) is 3.03. The molecule has 1 atom stereocenters. The smallest absolute Gasteiger partial charge is 0.146 e. The van der Waals surface area contributed by atoms with Gasteiger partial charge in [0.2, 0.25) is 0 Å². The van der Waals surface area contributed by atoms with E-state index in [1.807, 2.05) is 6.07 Å². The minimum Gasteiger partial charge on any atom is -0.316 e. The van der Waals surface area contributed by atoms with Crippen molar-refractivity contribution in [1.82, 2.24) is 5.32 Å². The molecule has 1 N–H and O–H groups in total. The molecule has 88 valence electrons. The summed E-state index contributed by atoms with van der Waals surface area (Å²) in [4.78, 5) is 0. The highest BCUT2D eigenvalue weighted by Gasteiger charge is 2.18. The molecular formula is C12H14BrClFN. The lowest BCUT2D eigenvalue weighted by Crippen LogP contribution is -2.31. The number of hydrogen-bond donors (Lipinski definition) is 1. The van der Waals surface area contributed by atoms with Crippen LogP contribution in [0.2, 0.25) is 5.02 Å². The van der Waals surface area contributed by atoms with Gasteiger partial charge in [0.05, 0.1) is 5.02 Å². The monoisotopic (exact) mass is 305 g/mol. The number of piperidine rings is 1. The SMILES string of the molecule is Fc1c(Cl)ccc(Br)c1CC1CCCNC1. The van der Waals surface area contributed by atoms with Crippen LogP contribution in [0.15, 0.2) is 16.6 Å². The Morgan fingerprint density at radius 3 is 3.00 bits per heavy atom. The largest absolute Gasteiger partial charge is 0.316 e. The molecule has 1 aliphatic rings. The zero-order chi connectivity index (χ0) is 11.5. The van der Waals surface area contributed by atoms with Crippen molar-refractivity contribution >= 4 is 27.5 Å². The van der Waals surface area contributed by atoms with E-state index in [9.17, 15) is 4.39 Å². The Morgan fingerprint density at radius 2 is 2.31 bits per heavy atom. The van der Waals surface area contributed by atoms with Gasteiger partial charge in [0, 0.05) is 10.0 Å². The topological polar surface area (TPSA) is 12.0 Å². The minimum absolute atomic E-state index is 0.210. The van der Waals surface area contributed by atoms with Crippen LogP contribution in [0.5, 0.6) is 0 Å². The van der Waals surface area contributed by atoms with Gasteiger partial charge in [-0.1, -0.05) is 27.5 Å². The van der Waals surface area contributed by atoms with Gasteiger partial charge in [0.15, 0.2) is 0 Å². The van der Waals surface area contributed by atoms with Gasteiger partial charge in [0.1, 0.15) is 5.82 Å². The average molecular weight is 307 g/mol. The van der Waals surface area contributed by atoms with Crippen LogP contribution < -0.4 is 5.32 Å². The first-order valence-corrected chi connectivity index (χ1v) is 6.68. The molecule has 0 bridgehead atoms. The number of nitrogens with one attached hydrogen (secondary N) is 1. The molecule has 16 heavy (non-hydrogen) atoms. The van der Waals surface area contributed by atoms with E-state index in [1.54, 1.807) is 6.07 Å². The maximum atomic E-state index is 13.8. The first-order valence-electron chi connectivity index (χ1n) is 5.51. The van der Waals surface area contributed by atoms with E-state index in [1.165, 1.54) is 6.42 Å². The summed E-state index contributed by atoms with van der Waals surface area (Å²) in [6.07, 6.45) is 3.08. The fourth-order valence-corrected chi connectivity index (χ4v) is 2.79. The van der Waals surface area contributed by atoms with Gasteiger partial charge in [-0.25, -0.2) is 4.39 Å². The molecule has 1 nitrogen and oxygen atoms in total. The molecule has 1 saturated heterocycles. The Morgan fingerprint density at radius 1 is 1.50 bits per heavy atom. The van der Waals surface area contributed by atoms with Crippen molar-refractivity contribution in [2.24, 2.45) is 5.92 Å². The maximum absolute atomic E-state index is 13.8. The third kappa shape index (κ3) is 2.76. The maximum Gasteiger partial charge on any atom is 0.146 e. The van der Waals surface area contributed by atoms with Gasteiger partial charge >= 0.3 is 0 Å². The van der Waals surface area contributed by atoms with Crippen molar-refractivity contribution in [3.63, 3.8) is 0 Å². The second-order valence-corrected chi connectivity index (χ2v) is 5.50. The van der Waals surface area contributed by atoms with Crippen LogP contribution in [-0.4, -0.2) is 13.1 Å². The Kier molecular flexibility index (Phi) is 4.22. The van der Waals surface area contributed by atoms with Crippen molar-refractivity contribution in [3.8, 4) is 0 Å². The molecular weight excluding hydrogens is 292 g/mol. The summed E-state index contributed by atoms with van der Waals surface area (Å²) in [6.45, 7) is 2.05. The lowest BCUT2D eigenvalue weighted by atomic mass is 9.92. The summed E-state index contributed by atoms with van der Waals surface area (Å²) in [5.74, 6) is 0.236. The van der Waals surface area contributed by atoms with E-state index >= 15 is 0 Å². The van der Waals surface area contributed by atoms with Gasteiger partial charge in [-0.2, -0.15) is 0 Å². The van der Waals surface area contributed by atoms with Gasteiger partial charge in [-0.05, 0) is 50.4 Å². The lowest BCUT2D eigenvalue weighted by molar-refractivity contribution is 0.371. The fourth-order valence-electron chi connectivity index (χ4n) is 2.14. The second-order valence-electron chi connectivity index (χ2n) is 4.24. The van der Waals surface area contributed by atoms with E-state index < -0.39 is 0 Å². The molecule has 0 radical (unpaired) electrons. The molecule has 1 aliphatic heterocycles. The fraction of sp³-hybridized carbons (Fsp3) is 0.500. The average Bonchev–Trinajstić information content (AvgIpc) is 2.31. The number of rotatable bonds is 2. The first-order chi connectivity index (χ1) is 7.68. The van der Waals surface area contributed by atoms with E-state index in [-0.39, 0.29) is 10.8 Å². The van der Waals surface area contributed by atoms with Gasteiger partial charge < -0.3 is 5.32 Å². The highest BCUT2D eigenvalue weighted by molar-refractivity contribution is 9.10. The summed E-state index contributed by atoms with van der Waals surface area (Å²) < 4.78 is 14.7. The number of halogens is 3. The second kappa shape index (κ2) is 5.48. The summed E-state index contributed by atoms with van der Waals surface area (Å²) in [5.41, 5.74) is 0.709. The van der Waals surface area contributed by atoms with Crippen molar-refractivity contribution in [2.75, 3.05) is 13.1 Å². The molecule has 0 aromatic heterocycles. The Balaban J connectivity index is 2.16. The highest BCUT2D eigenvalue weighted by Crippen LogP contribution is 2.29. The molecule has 1 heterocycles. The van der Waals surface area contributed by atoms with Crippen molar-refractivity contribution in [2.45, 2.75) is 19.3 Å². The van der Waals surface area contributed by atoms with Crippen LogP contribution in [0.25, 0.3) is 0 Å².